The second-order valence-corrected chi connectivity index (χ2v) is 9.08. The van der Waals surface area contributed by atoms with Crippen LogP contribution in [0, 0.1) is 0 Å². The number of carbonyl (C=O) groups excluding carboxylic acids is 1. The Bertz CT molecular complexity index is 1010. The first-order chi connectivity index (χ1) is 14.1. The molecular formula is C19H19ClF3N3O3S. The molecule has 2 aromatic rings. The van der Waals surface area contributed by atoms with E-state index in [0.717, 1.165) is 24.3 Å². The molecule has 1 aliphatic rings. The van der Waals surface area contributed by atoms with E-state index in [0.29, 0.717) is 23.8 Å². The van der Waals surface area contributed by atoms with E-state index in [9.17, 15) is 26.4 Å². The maximum atomic E-state index is 12.7. The van der Waals surface area contributed by atoms with Crippen molar-refractivity contribution in [3.63, 3.8) is 0 Å². The van der Waals surface area contributed by atoms with Crippen molar-refractivity contribution in [2.75, 3.05) is 38.0 Å². The summed E-state index contributed by atoms with van der Waals surface area (Å²) in [6, 6.07) is 10.2. The molecule has 0 radical (unpaired) electrons. The minimum atomic E-state index is -4.53. The Morgan fingerprint density at radius 1 is 1.00 bits per heavy atom. The van der Waals surface area contributed by atoms with Gasteiger partial charge in [-0.2, -0.15) is 17.5 Å². The standard InChI is InChI=1S/C19H19ClF3N3O3S/c20-16-3-1-2-4-17(16)24-18(27)13-25-9-11-26(12-10-25)30(28,29)15-7-5-14(6-8-15)19(21,22)23/h1-8H,9-13H2,(H,24,27). The summed E-state index contributed by atoms with van der Waals surface area (Å²) in [4.78, 5) is 13.8. The highest BCUT2D eigenvalue weighted by Gasteiger charge is 2.32. The van der Waals surface area contributed by atoms with Gasteiger partial charge in [0.15, 0.2) is 0 Å². The van der Waals surface area contributed by atoms with Crippen LogP contribution in [0.4, 0.5) is 18.9 Å². The first-order valence-corrected chi connectivity index (χ1v) is 10.8. The molecule has 0 bridgehead atoms. The Morgan fingerprint density at radius 3 is 2.17 bits per heavy atom. The zero-order valence-corrected chi connectivity index (χ0v) is 17.3. The van der Waals surface area contributed by atoms with E-state index in [4.69, 9.17) is 11.6 Å². The molecule has 1 aliphatic heterocycles. The summed E-state index contributed by atoms with van der Waals surface area (Å²) in [6.07, 6.45) is -4.53. The molecule has 0 atom stereocenters. The smallest absolute Gasteiger partial charge is 0.324 e. The largest absolute Gasteiger partial charge is 0.416 e. The average Bonchev–Trinajstić information content (AvgIpc) is 2.69. The van der Waals surface area contributed by atoms with E-state index in [1.807, 2.05) is 0 Å². The van der Waals surface area contributed by atoms with Crippen molar-refractivity contribution in [3.05, 3.63) is 59.1 Å². The lowest BCUT2D eigenvalue weighted by atomic mass is 10.2. The molecule has 0 unspecified atom stereocenters. The van der Waals surface area contributed by atoms with Gasteiger partial charge in [0.2, 0.25) is 15.9 Å². The number of halogens is 4. The first kappa shape index (κ1) is 22.5. The van der Waals surface area contributed by atoms with Gasteiger partial charge in [-0.05, 0) is 36.4 Å². The molecule has 1 fully saturated rings. The van der Waals surface area contributed by atoms with Crippen LogP contribution in [0.3, 0.4) is 0 Å². The van der Waals surface area contributed by atoms with Crippen molar-refractivity contribution in [2.24, 2.45) is 0 Å². The van der Waals surface area contributed by atoms with Crippen molar-refractivity contribution < 1.29 is 26.4 Å². The molecule has 11 heteroatoms. The van der Waals surface area contributed by atoms with Crippen molar-refractivity contribution in [1.82, 2.24) is 9.21 Å². The summed E-state index contributed by atoms with van der Waals surface area (Å²) >= 11 is 6.01. The fourth-order valence-corrected chi connectivity index (χ4v) is 4.65. The zero-order valence-electron chi connectivity index (χ0n) is 15.7. The van der Waals surface area contributed by atoms with Gasteiger partial charge in [-0.15, -0.1) is 0 Å². The molecule has 1 amide bonds. The Hall–Kier alpha value is -2.14. The predicted octanol–water partition coefficient (Wildman–Crippen LogP) is 3.30. The number of hydrogen-bond donors (Lipinski definition) is 1. The molecule has 0 aliphatic carbocycles. The van der Waals surface area contributed by atoms with Gasteiger partial charge in [0, 0.05) is 26.2 Å². The quantitative estimate of drug-likeness (QED) is 0.741. The number of para-hydroxylation sites is 1. The van der Waals surface area contributed by atoms with E-state index in [2.05, 4.69) is 5.32 Å². The van der Waals surface area contributed by atoms with E-state index >= 15 is 0 Å². The van der Waals surface area contributed by atoms with Gasteiger partial charge in [0.1, 0.15) is 0 Å². The topological polar surface area (TPSA) is 69.7 Å². The number of rotatable bonds is 5. The third kappa shape index (κ3) is 5.31. The van der Waals surface area contributed by atoms with E-state index in [1.54, 1.807) is 29.2 Å². The highest BCUT2D eigenvalue weighted by molar-refractivity contribution is 7.89. The fraction of sp³-hybridized carbons (Fsp3) is 0.316. The van der Waals surface area contributed by atoms with Crippen LogP contribution in [-0.4, -0.2) is 56.3 Å². The Morgan fingerprint density at radius 2 is 1.60 bits per heavy atom. The number of benzene rings is 2. The summed E-state index contributed by atoms with van der Waals surface area (Å²) in [5.74, 6) is -0.276. The summed E-state index contributed by atoms with van der Waals surface area (Å²) < 4.78 is 64.6. The van der Waals surface area contributed by atoms with Crippen LogP contribution >= 0.6 is 11.6 Å². The molecule has 1 N–H and O–H groups in total. The summed E-state index contributed by atoms with van der Waals surface area (Å²) in [6.45, 7) is 0.955. The molecule has 0 aromatic heterocycles. The van der Waals surface area contributed by atoms with Crippen molar-refractivity contribution in [1.29, 1.82) is 0 Å². The summed E-state index contributed by atoms with van der Waals surface area (Å²) in [5, 5.41) is 3.12. The monoisotopic (exact) mass is 461 g/mol. The number of amides is 1. The van der Waals surface area contributed by atoms with Crippen molar-refractivity contribution in [3.8, 4) is 0 Å². The molecular weight excluding hydrogens is 443 g/mol. The molecule has 162 valence electrons. The SMILES string of the molecule is O=C(CN1CCN(S(=O)(=O)c2ccc(C(F)(F)F)cc2)CC1)Nc1ccccc1Cl. The van der Waals surface area contributed by atoms with Crippen LogP contribution in [0.2, 0.25) is 5.02 Å². The molecule has 30 heavy (non-hydrogen) atoms. The molecule has 2 aromatic carbocycles. The number of alkyl halides is 3. The van der Waals surface area contributed by atoms with Crippen LogP contribution in [0.15, 0.2) is 53.4 Å². The molecule has 0 saturated carbocycles. The Kier molecular flexibility index (Phi) is 6.71. The highest BCUT2D eigenvalue weighted by atomic mass is 35.5. The number of piperazine rings is 1. The van der Waals surface area contributed by atoms with Crippen molar-refractivity contribution >= 4 is 33.2 Å². The second-order valence-electron chi connectivity index (χ2n) is 6.73. The minimum absolute atomic E-state index is 0.0688. The Balaban J connectivity index is 1.56. The fourth-order valence-electron chi connectivity index (χ4n) is 3.05. The number of sulfonamides is 1. The van der Waals surface area contributed by atoms with Crippen molar-refractivity contribution in [2.45, 2.75) is 11.1 Å². The summed E-state index contributed by atoms with van der Waals surface area (Å²) in [5.41, 5.74) is -0.413. The number of nitrogens with zero attached hydrogens (tertiary/aromatic N) is 2. The van der Waals surface area contributed by atoms with Crippen LogP contribution < -0.4 is 5.32 Å². The number of carbonyl (C=O) groups is 1. The van der Waals surface area contributed by atoms with Crippen LogP contribution in [0.25, 0.3) is 0 Å². The summed E-state index contributed by atoms with van der Waals surface area (Å²) in [7, 11) is -3.91. The van der Waals surface area contributed by atoms with E-state index in [1.165, 1.54) is 4.31 Å². The Labute approximate surface area is 177 Å². The van der Waals surface area contributed by atoms with Gasteiger partial charge in [-0.25, -0.2) is 8.42 Å². The molecule has 0 spiro atoms. The lowest BCUT2D eigenvalue weighted by molar-refractivity contribution is -0.137. The van der Waals surface area contributed by atoms with Crippen LogP contribution in [-0.2, 0) is 21.0 Å². The molecule has 1 saturated heterocycles. The van der Waals surface area contributed by atoms with Gasteiger partial charge in [-0.1, -0.05) is 23.7 Å². The number of hydrogen-bond acceptors (Lipinski definition) is 4. The lowest BCUT2D eigenvalue weighted by Gasteiger charge is -2.33. The lowest BCUT2D eigenvalue weighted by Crippen LogP contribution is -2.50. The maximum Gasteiger partial charge on any atom is 0.416 e. The minimum Gasteiger partial charge on any atom is -0.324 e. The highest BCUT2D eigenvalue weighted by Crippen LogP contribution is 2.30. The van der Waals surface area contributed by atoms with Gasteiger partial charge < -0.3 is 5.32 Å². The van der Waals surface area contributed by atoms with Gasteiger partial charge >= 0.3 is 6.18 Å². The van der Waals surface area contributed by atoms with E-state index in [-0.39, 0.29) is 30.4 Å². The molecule has 3 rings (SSSR count). The molecule has 1 heterocycles. The van der Waals surface area contributed by atoms with Gasteiger partial charge in [-0.3, -0.25) is 9.69 Å². The van der Waals surface area contributed by atoms with Crippen LogP contribution in [0.1, 0.15) is 5.56 Å². The second kappa shape index (κ2) is 8.93. The van der Waals surface area contributed by atoms with Gasteiger partial charge in [0.25, 0.3) is 0 Å². The average molecular weight is 462 g/mol. The zero-order chi connectivity index (χ0) is 21.9. The first-order valence-electron chi connectivity index (χ1n) is 9.01. The number of nitrogens with one attached hydrogen (secondary N) is 1. The van der Waals surface area contributed by atoms with Gasteiger partial charge in [0.05, 0.1) is 27.7 Å². The predicted molar refractivity (Wildman–Crippen MR) is 107 cm³/mol. The third-order valence-corrected chi connectivity index (χ3v) is 6.91. The normalized spacial score (nSPS) is 16.4. The maximum absolute atomic E-state index is 12.7. The molecule has 6 nitrogen and oxygen atoms in total. The van der Waals surface area contributed by atoms with Crippen LogP contribution in [0.5, 0.6) is 0 Å². The third-order valence-electron chi connectivity index (χ3n) is 4.67. The number of anilines is 1. The van der Waals surface area contributed by atoms with E-state index < -0.39 is 21.8 Å².